The molecular formula is C20H26O6S2. The lowest BCUT2D eigenvalue weighted by Crippen LogP contribution is -2.16. The number of rotatable bonds is 7. The topological polar surface area (TPSA) is 109 Å². The zero-order valence-electron chi connectivity index (χ0n) is 16.4. The summed E-state index contributed by atoms with van der Waals surface area (Å²) in [6.07, 6.45) is 1.30. The Morgan fingerprint density at radius 2 is 1.25 bits per heavy atom. The van der Waals surface area contributed by atoms with Crippen LogP contribution in [0.3, 0.4) is 0 Å². The summed E-state index contributed by atoms with van der Waals surface area (Å²) in [5.41, 5.74) is 2.52. The molecule has 0 saturated heterocycles. The molecule has 154 valence electrons. The van der Waals surface area contributed by atoms with Gasteiger partial charge in [0.2, 0.25) is 0 Å². The van der Waals surface area contributed by atoms with Gasteiger partial charge in [-0.15, -0.1) is 0 Å². The van der Waals surface area contributed by atoms with Gasteiger partial charge in [-0.05, 0) is 55.4 Å². The van der Waals surface area contributed by atoms with Crippen molar-refractivity contribution in [2.75, 3.05) is 0 Å². The van der Waals surface area contributed by atoms with Crippen LogP contribution in [0.1, 0.15) is 60.8 Å². The van der Waals surface area contributed by atoms with Crippen molar-refractivity contribution < 1.29 is 25.9 Å². The normalized spacial score (nSPS) is 14.6. The van der Waals surface area contributed by atoms with E-state index in [1.165, 1.54) is 12.1 Å². The second kappa shape index (κ2) is 8.32. The van der Waals surface area contributed by atoms with Gasteiger partial charge in [0.05, 0.1) is 9.79 Å². The highest BCUT2D eigenvalue weighted by atomic mass is 32.2. The number of hydrogen-bond acceptors (Lipinski definition) is 4. The maximum absolute atomic E-state index is 11.9. The lowest BCUT2D eigenvalue weighted by atomic mass is 9.79. The van der Waals surface area contributed by atoms with Crippen molar-refractivity contribution in [3.63, 3.8) is 0 Å². The van der Waals surface area contributed by atoms with E-state index < -0.39 is 26.2 Å². The first-order valence-corrected chi connectivity index (χ1v) is 11.9. The van der Waals surface area contributed by atoms with Gasteiger partial charge in [0.1, 0.15) is 0 Å². The van der Waals surface area contributed by atoms with Crippen molar-refractivity contribution in [1.82, 2.24) is 0 Å². The Morgan fingerprint density at radius 3 is 1.68 bits per heavy atom. The number of benzene rings is 2. The summed E-state index contributed by atoms with van der Waals surface area (Å²) >= 11 is 0. The zero-order chi connectivity index (χ0) is 21.3. The summed E-state index contributed by atoms with van der Waals surface area (Å²) in [5.74, 6) is -0.789. The van der Waals surface area contributed by atoms with Crippen LogP contribution in [0.15, 0.2) is 46.2 Å². The molecular weight excluding hydrogens is 400 g/mol. The molecule has 0 aromatic heterocycles. The van der Waals surface area contributed by atoms with Crippen molar-refractivity contribution in [2.45, 2.75) is 62.2 Å². The van der Waals surface area contributed by atoms with Crippen molar-refractivity contribution in [1.29, 1.82) is 0 Å². The number of hydrogen-bond donors (Lipinski definition) is 2. The van der Waals surface area contributed by atoms with Gasteiger partial charge in [-0.3, -0.25) is 9.11 Å². The molecule has 0 aliphatic rings. The van der Waals surface area contributed by atoms with E-state index in [0.29, 0.717) is 17.5 Å². The molecule has 0 aliphatic heterocycles. The third kappa shape index (κ3) is 5.00. The lowest BCUT2D eigenvalue weighted by molar-refractivity contribution is 0.466. The third-order valence-corrected chi connectivity index (χ3v) is 6.83. The van der Waals surface area contributed by atoms with E-state index in [-0.39, 0.29) is 15.7 Å². The van der Waals surface area contributed by atoms with Gasteiger partial charge in [0.25, 0.3) is 20.2 Å². The van der Waals surface area contributed by atoms with Gasteiger partial charge < -0.3 is 0 Å². The summed E-state index contributed by atoms with van der Waals surface area (Å²) in [5, 5.41) is 0. The van der Waals surface area contributed by atoms with Crippen molar-refractivity contribution in [3.8, 4) is 0 Å². The summed E-state index contributed by atoms with van der Waals surface area (Å²) in [6.45, 7) is 7.39. The average molecular weight is 427 g/mol. The van der Waals surface area contributed by atoms with Gasteiger partial charge in [0, 0.05) is 0 Å². The highest BCUT2D eigenvalue weighted by Crippen LogP contribution is 2.41. The molecule has 2 atom stereocenters. The fraction of sp³-hybridized carbons (Fsp3) is 0.400. The van der Waals surface area contributed by atoms with E-state index in [1.54, 1.807) is 31.2 Å². The van der Waals surface area contributed by atoms with Crippen LogP contribution in [0, 0.1) is 13.8 Å². The van der Waals surface area contributed by atoms with E-state index in [1.807, 2.05) is 20.8 Å². The zero-order valence-corrected chi connectivity index (χ0v) is 18.0. The predicted molar refractivity (Wildman–Crippen MR) is 108 cm³/mol. The minimum Gasteiger partial charge on any atom is -0.282 e. The van der Waals surface area contributed by atoms with Crippen molar-refractivity contribution >= 4 is 20.2 Å². The molecule has 0 aliphatic carbocycles. The van der Waals surface area contributed by atoms with Gasteiger partial charge in [0.15, 0.2) is 0 Å². The predicted octanol–water partition coefficient (Wildman–Crippen LogP) is 4.48. The summed E-state index contributed by atoms with van der Waals surface area (Å²) in [4.78, 5) is -0.364. The molecule has 2 rings (SSSR count). The maximum Gasteiger partial charge on any atom is 0.294 e. The minimum atomic E-state index is -4.44. The molecule has 2 aromatic carbocycles. The Bertz CT molecular complexity index is 1070. The smallest absolute Gasteiger partial charge is 0.282 e. The molecule has 8 heteroatoms. The highest BCUT2D eigenvalue weighted by molar-refractivity contribution is 7.86. The third-order valence-electron chi connectivity index (χ3n) is 4.98. The van der Waals surface area contributed by atoms with E-state index in [4.69, 9.17) is 0 Å². The Morgan fingerprint density at radius 1 is 0.821 bits per heavy atom. The van der Waals surface area contributed by atoms with E-state index in [9.17, 15) is 25.9 Å². The first kappa shape index (κ1) is 22.5. The molecule has 0 bridgehead atoms. The number of aryl methyl sites for hydroxylation is 2. The Labute approximate surface area is 167 Å². The van der Waals surface area contributed by atoms with Gasteiger partial charge in [-0.25, -0.2) is 0 Å². The van der Waals surface area contributed by atoms with Gasteiger partial charge >= 0.3 is 0 Å². The highest BCUT2D eigenvalue weighted by Gasteiger charge is 2.30. The fourth-order valence-corrected chi connectivity index (χ4v) is 5.18. The second-order valence-electron chi connectivity index (χ2n) is 7.22. The largest absolute Gasteiger partial charge is 0.294 e. The molecule has 0 amide bonds. The van der Waals surface area contributed by atoms with Crippen LogP contribution in [0.5, 0.6) is 0 Å². The summed E-state index contributed by atoms with van der Waals surface area (Å²) in [7, 11) is -8.88. The maximum atomic E-state index is 11.9. The lowest BCUT2D eigenvalue weighted by Gasteiger charge is -2.28. The average Bonchev–Trinajstić information content (AvgIpc) is 2.56. The Balaban J connectivity index is 2.74. The molecule has 0 fully saturated rings. The van der Waals surface area contributed by atoms with Crippen LogP contribution in [-0.2, 0) is 20.2 Å². The monoisotopic (exact) mass is 426 g/mol. The standard InChI is InChI=1S/C20H26O6S2/c1-5-6-16(18-12-14(3)8-10-20(18)28(24,25)26)15(4)17-11-13(2)7-9-19(17)27(21,22)23/h7-12,15-16H,5-6H2,1-4H3,(H,21,22,23)(H,24,25,26). The molecule has 2 N–H and O–H groups in total. The first-order chi connectivity index (χ1) is 12.9. The van der Waals surface area contributed by atoms with Crippen LogP contribution in [-0.4, -0.2) is 25.9 Å². The van der Waals surface area contributed by atoms with Crippen molar-refractivity contribution in [2.24, 2.45) is 0 Å². The Hall–Kier alpha value is -1.74. The van der Waals surface area contributed by atoms with E-state index >= 15 is 0 Å². The van der Waals surface area contributed by atoms with E-state index in [2.05, 4.69) is 0 Å². The fourth-order valence-electron chi connectivity index (χ4n) is 3.65. The van der Waals surface area contributed by atoms with Gasteiger partial charge in [-0.2, -0.15) is 16.8 Å². The van der Waals surface area contributed by atoms with Crippen LogP contribution >= 0.6 is 0 Å². The molecule has 6 nitrogen and oxygen atoms in total. The summed E-state index contributed by atoms with van der Waals surface area (Å²) in [6, 6.07) is 9.35. The first-order valence-electron chi connectivity index (χ1n) is 9.02. The van der Waals surface area contributed by atoms with E-state index in [0.717, 1.165) is 17.5 Å². The van der Waals surface area contributed by atoms with Gasteiger partial charge in [-0.1, -0.05) is 55.7 Å². The quantitative estimate of drug-likeness (QED) is 0.632. The van der Waals surface area contributed by atoms with Crippen molar-refractivity contribution in [3.05, 3.63) is 58.7 Å². The molecule has 2 aromatic rings. The molecule has 0 heterocycles. The SMILES string of the molecule is CCCC(c1cc(C)ccc1S(=O)(=O)O)C(C)c1cc(C)ccc1S(=O)(=O)O. The summed E-state index contributed by atoms with van der Waals surface area (Å²) < 4.78 is 67.0. The molecule has 0 radical (unpaired) electrons. The minimum absolute atomic E-state index is 0.176. The van der Waals surface area contributed by atoms with Crippen LogP contribution in [0.4, 0.5) is 0 Å². The van der Waals surface area contributed by atoms with Crippen LogP contribution in [0.2, 0.25) is 0 Å². The second-order valence-corrected chi connectivity index (χ2v) is 10.00. The molecule has 0 spiro atoms. The Kier molecular flexibility index (Phi) is 6.70. The molecule has 0 saturated carbocycles. The molecule has 2 unspecified atom stereocenters. The van der Waals surface area contributed by atoms with Crippen LogP contribution in [0.25, 0.3) is 0 Å². The van der Waals surface area contributed by atoms with Crippen LogP contribution < -0.4 is 0 Å². The molecule has 28 heavy (non-hydrogen) atoms.